The van der Waals surface area contributed by atoms with E-state index in [0.29, 0.717) is 31.2 Å². The van der Waals surface area contributed by atoms with Gasteiger partial charge in [-0.15, -0.1) is 0 Å². The van der Waals surface area contributed by atoms with Crippen LogP contribution < -0.4 is 153 Å². The monoisotopic (exact) mass is 1790 g/mol. The molecule has 3 rings (SSSR count). The van der Waals surface area contributed by atoms with Crippen molar-refractivity contribution in [3.63, 3.8) is 0 Å². The number of fused-ring (bicyclic) bond motifs is 1. The van der Waals surface area contributed by atoms with Crippen molar-refractivity contribution in [3.05, 3.63) is 29.8 Å². The van der Waals surface area contributed by atoms with Crippen LogP contribution in [0.15, 0.2) is 24.3 Å². The molecule has 700 valence electrons. The molecule has 0 spiro atoms. The van der Waals surface area contributed by atoms with Gasteiger partial charge in [0.1, 0.15) is 66.2 Å². The van der Waals surface area contributed by atoms with Crippen LogP contribution in [0.2, 0.25) is 0 Å². The molecule has 2 aliphatic heterocycles. The minimum absolute atomic E-state index is 0.00241. The van der Waals surface area contributed by atoms with E-state index in [9.17, 15) is 77.3 Å². The van der Waals surface area contributed by atoms with Crippen molar-refractivity contribution in [2.75, 3.05) is 64.7 Å². The zero-order valence-corrected chi connectivity index (χ0v) is 71.1. The first-order valence-corrected chi connectivity index (χ1v) is 42.6. The number of amides is 14. The van der Waals surface area contributed by atoms with Gasteiger partial charge in [0.2, 0.25) is 70.9 Å². The number of aliphatic carboxylic acids is 1. The van der Waals surface area contributed by atoms with E-state index in [1.54, 1.807) is 23.9 Å². The number of carboxylic acids is 1. The van der Waals surface area contributed by atoms with Crippen molar-refractivity contribution in [2.24, 2.45) is 51.6 Å². The number of guanidine groups is 6. The van der Waals surface area contributed by atoms with Gasteiger partial charge in [0.15, 0.2) is 35.8 Å². The molecule has 45 N–H and O–H groups in total. The molecule has 0 bridgehead atoms. The van der Waals surface area contributed by atoms with Crippen molar-refractivity contribution in [1.82, 2.24) is 101 Å². The number of phenolic OH excluding ortho intramolecular Hbond substituents is 1. The molecule has 2 aliphatic rings. The molecule has 0 unspecified atom stereocenters. The van der Waals surface area contributed by atoms with Gasteiger partial charge < -0.3 is 163 Å². The molecule has 1 aromatic rings. The minimum atomic E-state index is -1.76. The SMILES string of the molecule is N=C(N)NCCC[C@H](NC(=O)[C@H](CCCNC(=N)N)NC(=O)[C@H](CCCNC(=N)N)NC(=O)[C@H](CCC(N)=O)NC(=O)[C@H](CCCNC(=N)N)NC(=O)[C@H](CCCNC(=N)N)NC(=O)[C@H](CCCCN)NC(=O)[C@H](CCCCN)NC(=O)[C@H](CCCNC(=N)N)NC(=O)CNC(=O)[C@H](Cc1ccc(O)cc1)NC(=O)CCCC[C@@H]1SC[C@@H]2NC(=O)N[C@@H]21)C(=O)O. The van der Waals surface area contributed by atoms with E-state index in [-0.39, 0.29) is 203 Å². The molecule has 51 heteroatoms. The van der Waals surface area contributed by atoms with Crippen LogP contribution in [0.5, 0.6) is 5.75 Å². The van der Waals surface area contributed by atoms with Gasteiger partial charge >= 0.3 is 12.0 Å². The second kappa shape index (κ2) is 59.1. The maximum absolute atomic E-state index is 14.9. The lowest BCUT2D eigenvalue weighted by Gasteiger charge is -2.28. The summed E-state index contributed by atoms with van der Waals surface area (Å²) >= 11 is 1.74. The van der Waals surface area contributed by atoms with Gasteiger partial charge in [0, 0.05) is 69.5 Å². The maximum atomic E-state index is 14.9. The van der Waals surface area contributed by atoms with Gasteiger partial charge in [-0.05, 0) is 166 Å². The zero-order valence-electron chi connectivity index (χ0n) is 70.3. The van der Waals surface area contributed by atoms with E-state index in [1.165, 1.54) is 12.1 Å². The summed E-state index contributed by atoms with van der Waals surface area (Å²) in [5.41, 5.74) is 50.9. The Hall–Kier alpha value is -12.7. The van der Waals surface area contributed by atoms with Gasteiger partial charge in [-0.1, -0.05) is 18.6 Å². The number of hydrogen-bond donors (Lipinski definition) is 36. The smallest absolute Gasteiger partial charge is 0.326 e. The first kappa shape index (κ1) is 106. The maximum Gasteiger partial charge on any atom is 0.326 e. The van der Waals surface area contributed by atoms with Crippen LogP contribution in [-0.4, -0.2) is 271 Å². The molecule has 2 saturated heterocycles. The van der Waals surface area contributed by atoms with Crippen molar-refractivity contribution >= 4 is 130 Å². The molecule has 125 heavy (non-hydrogen) atoms. The highest BCUT2D eigenvalue weighted by Crippen LogP contribution is 2.33. The average molecular weight is 1790 g/mol. The largest absolute Gasteiger partial charge is 0.508 e. The fraction of sp³-hybridized carbons (Fsp3) is 0.649. The third-order valence-corrected chi connectivity index (χ3v) is 21.2. The van der Waals surface area contributed by atoms with Gasteiger partial charge in [-0.25, -0.2) is 9.59 Å². The van der Waals surface area contributed by atoms with E-state index >= 15 is 0 Å². The molecule has 13 atom stereocenters. The van der Waals surface area contributed by atoms with Crippen molar-refractivity contribution < 1.29 is 77.3 Å². The Kier molecular flexibility index (Phi) is 50.4. The first-order valence-electron chi connectivity index (χ1n) is 41.5. The van der Waals surface area contributed by atoms with Gasteiger partial charge in [0.05, 0.1) is 18.6 Å². The van der Waals surface area contributed by atoms with Crippen LogP contribution in [0.1, 0.15) is 160 Å². The lowest BCUT2D eigenvalue weighted by Crippen LogP contribution is -2.60. The standard InChI is InChI=1S/C74H132N34O16S/c75-29-5-3-13-43(99-59(114)42(15-7-31-90-68(78)79)97-56(112)38-96-58(113)51(37-40-23-25-41(109)26-24-40)98-55(111)22-2-1-21-53-57-52(39-125-53)107-74(124)108-57)60(115)100-44(14-4-6-30-76)61(116)101-45(16-8-32-91-69(80)81)62(117)102-47(18-10-34-93-71(84)85)64(119)105-49(27-28-54(77)110)66(121)104-46(17-9-33-92-70(82)83)63(118)103-48(19-11-35-94-72(86)87)65(120)106-50(67(122)123)20-12-36-95-73(88)89/h23-26,42-53,57,109H,1-22,27-39,75-76H2,(H2,77,110)(H,96,113)(H,97,112)(H,98,111)(H,99,114)(H,100,115)(H,101,116)(H,102,117)(H,103,118)(H,104,121)(H,105,119)(H,106,120)(H,122,123)(H4,78,79,90)(H4,80,81,91)(H4,82,83,92)(H4,84,85,93)(H4,86,87,94)(H4,88,89,95)(H2,107,108,124)/t42-,43-,44-,45-,46-,47-,48-,49-,50-,51-,52-,53-,57-/m0/s1. The minimum Gasteiger partial charge on any atom is -0.508 e. The Morgan fingerprint density at radius 2 is 0.696 bits per heavy atom. The number of thioether (sulfide) groups is 1. The number of carbonyl (C=O) groups is 14. The van der Waals surface area contributed by atoms with E-state index in [2.05, 4.69) is 101 Å². The number of phenols is 1. The van der Waals surface area contributed by atoms with Crippen LogP contribution >= 0.6 is 11.8 Å². The summed E-state index contributed by atoms with van der Waals surface area (Å²) in [6, 6.07) is -9.59. The number of hydrogen-bond acceptors (Lipinski definition) is 24. The number of carboxylic acid groups (broad SMARTS) is 1. The third kappa shape index (κ3) is 45.3. The van der Waals surface area contributed by atoms with Gasteiger partial charge in [-0.3, -0.25) is 90.0 Å². The zero-order chi connectivity index (χ0) is 92.9. The molecule has 50 nitrogen and oxygen atoms in total. The second-order valence-corrected chi connectivity index (χ2v) is 31.3. The first-order chi connectivity index (χ1) is 59.4. The molecule has 0 aliphatic carbocycles. The van der Waals surface area contributed by atoms with Crippen LogP contribution in [-0.2, 0) is 68.7 Å². The average Bonchev–Trinajstić information content (AvgIpc) is 1.67. The van der Waals surface area contributed by atoms with Crippen molar-refractivity contribution in [3.8, 4) is 5.75 Å². The number of carbonyl (C=O) groups excluding carboxylic acids is 13. The quantitative estimate of drug-likeness (QED) is 0.0125. The Bertz CT molecular complexity index is 3780. The number of unbranched alkanes of at least 4 members (excludes halogenated alkanes) is 3. The van der Waals surface area contributed by atoms with Crippen molar-refractivity contribution in [1.29, 1.82) is 32.5 Å². The molecule has 14 amide bonds. The molecule has 0 radical (unpaired) electrons. The van der Waals surface area contributed by atoms with Crippen LogP contribution in [0, 0.1) is 32.5 Å². The van der Waals surface area contributed by atoms with Crippen LogP contribution in [0.25, 0.3) is 0 Å². The topological polar surface area (TPSA) is 885 Å². The van der Waals surface area contributed by atoms with Crippen molar-refractivity contribution in [2.45, 2.75) is 238 Å². The predicted octanol–water partition coefficient (Wildman–Crippen LogP) is -9.19. The number of benzene rings is 1. The highest BCUT2D eigenvalue weighted by atomic mass is 32.2. The van der Waals surface area contributed by atoms with Gasteiger partial charge in [0.25, 0.3) is 0 Å². The van der Waals surface area contributed by atoms with E-state index < -0.39 is 186 Å². The Balaban J connectivity index is 2.00. The molecule has 0 aromatic heterocycles. The van der Waals surface area contributed by atoms with Crippen LogP contribution in [0.4, 0.5) is 4.79 Å². The lowest BCUT2D eigenvalue weighted by atomic mass is 10.0. The number of nitrogens with one attached hydrogen (secondary N) is 25. The molecule has 2 heterocycles. The normalized spacial score (nSPS) is 16.0. The summed E-state index contributed by atoms with van der Waals surface area (Å²) in [4.78, 5) is 195. The van der Waals surface area contributed by atoms with E-state index in [1.807, 2.05) is 0 Å². The molecular weight excluding hydrogens is 1650 g/mol. The molecule has 0 saturated carbocycles. The Morgan fingerprint density at radius 1 is 0.376 bits per heavy atom. The summed E-state index contributed by atoms with van der Waals surface area (Å²) in [7, 11) is 0. The number of aromatic hydroxyl groups is 1. The van der Waals surface area contributed by atoms with E-state index in [4.69, 9.17) is 84.1 Å². The summed E-state index contributed by atoms with van der Waals surface area (Å²) in [6.07, 6.45) is 0.515. The molecular formula is C74H132N34O16S. The highest BCUT2D eigenvalue weighted by Gasteiger charge is 2.43. The fourth-order valence-electron chi connectivity index (χ4n) is 13.2. The summed E-state index contributed by atoms with van der Waals surface area (Å²) in [6.45, 7) is -0.476. The predicted molar refractivity (Wildman–Crippen MR) is 465 cm³/mol. The van der Waals surface area contributed by atoms with Gasteiger partial charge in [-0.2, -0.15) is 11.8 Å². The highest BCUT2D eigenvalue weighted by molar-refractivity contribution is 8.00. The summed E-state index contributed by atoms with van der Waals surface area (Å²) in [5.74, 6) is -14.4. The van der Waals surface area contributed by atoms with E-state index in [0.717, 1.165) is 12.2 Å². The van der Waals surface area contributed by atoms with Crippen LogP contribution in [0.3, 0.4) is 0 Å². The summed E-state index contributed by atoms with van der Waals surface area (Å²) < 4.78 is 0. The number of urea groups is 1. The number of rotatable bonds is 64. The summed E-state index contributed by atoms with van der Waals surface area (Å²) in [5, 5.41) is 116. The number of primary amides is 1. The Morgan fingerprint density at radius 3 is 1.03 bits per heavy atom. The second-order valence-electron chi connectivity index (χ2n) is 30.0. The molecule has 2 fully saturated rings. The molecule has 1 aromatic carbocycles. The lowest BCUT2D eigenvalue weighted by molar-refractivity contribution is -0.142. The fourth-order valence-corrected chi connectivity index (χ4v) is 14.7. The number of nitrogens with two attached hydrogens (primary N) is 9. The third-order valence-electron chi connectivity index (χ3n) is 19.7. The Labute approximate surface area is 728 Å².